The molecular weight excluding hydrogens is 462 g/mol. The smallest absolute Gasteiger partial charge is 0.244 e. The number of halogens is 1. The summed E-state index contributed by atoms with van der Waals surface area (Å²) < 4.78 is 32.0. The second-order valence-corrected chi connectivity index (χ2v) is 10.6. The van der Waals surface area contributed by atoms with Crippen molar-refractivity contribution in [2.75, 3.05) is 36.9 Å². The first kappa shape index (κ1) is 25.5. The molecule has 0 bridgehead atoms. The summed E-state index contributed by atoms with van der Waals surface area (Å²) in [4.78, 5) is 15.5. The van der Waals surface area contributed by atoms with Crippen molar-refractivity contribution in [2.24, 2.45) is 0 Å². The molecule has 1 N–H and O–H groups in total. The van der Waals surface area contributed by atoms with Crippen molar-refractivity contribution in [1.29, 1.82) is 0 Å². The molecule has 3 rings (SSSR count). The third-order valence-electron chi connectivity index (χ3n) is 5.71. The molecule has 1 saturated heterocycles. The predicted molar refractivity (Wildman–Crippen MR) is 132 cm³/mol. The van der Waals surface area contributed by atoms with Gasteiger partial charge in [0.15, 0.2) is 0 Å². The van der Waals surface area contributed by atoms with Crippen LogP contribution in [0, 0.1) is 6.92 Å². The van der Waals surface area contributed by atoms with Crippen molar-refractivity contribution in [2.45, 2.75) is 39.4 Å². The zero-order valence-electron chi connectivity index (χ0n) is 19.4. The number of sulfonamides is 1. The Bertz CT molecular complexity index is 1070. The van der Waals surface area contributed by atoms with E-state index in [1.165, 1.54) is 9.87 Å². The number of morpholine rings is 1. The van der Waals surface area contributed by atoms with Crippen LogP contribution in [0.1, 0.15) is 30.0 Å². The predicted octanol–water partition coefficient (Wildman–Crippen LogP) is 3.34. The van der Waals surface area contributed by atoms with Crippen LogP contribution in [-0.2, 0) is 32.6 Å². The monoisotopic (exact) mass is 493 g/mol. The number of ether oxygens (including phenoxy) is 1. The van der Waals surface area contributed by atoms with Crippen LogP contribution in [0.3, 0.4) is 0 Å². The highest BCUT2D eigenvalue weighted by atomic mass is 35.5. The molecule has 33 heavy (non-hydrogen) atoms. The average molecular weight is 494 g/mol. The van der Waals surface area contributed by atoms with Gasteiger partial charge in [-0.25, -0.2) is 8.42 Å². The highest BCUT2D eigenvalue weighted by Gasteiger charge is 2.32. The molecule has 0 saturated carbocycles. The van der Waals surface area contributed by atoms with Crippen LogP contribution in [0.25, 0.3) is 0 Å². The van der Waals surface area contributed by atoms with E-state index in [4.69, 9.17) is 16.3 Å². The molecular formula is C24H32ClN3O4S. The molecule has 1 atom stereocenters. The van der Waals surface area contributed by atoms with Crippen LogP contribution in [-0.4, -0.2) is 57.8 Å². The number of hydrogen-bond acceptors (Lipinski definition) is 5. The van der Waals surface area contributed by atoms with Crippen LogP contribution in [0.2, 0.25) is 5.02 Å². The largest absolute Gasteiger partial charge is 0.379 e. The molecule has 9 heteroatoms. The SMILES string of the molecule is CC[C@H](C(=O)NCc1cccc(CN2CCOCC2)c1)N(c1cc(Cl)ccc1C)S(C)(=O)=O. The Balaban J connectivity index is 1.73. The number of amides is 1. The van der Waals surface area contributed by atoms with Gasteiger partial charge in [0.1, 0.15) is 6.04 Å². The summed E-state index contributed by atoms with van der Waals surface area (Å²) in [6, 6.07) is 12.2. The molecule has 0 radical (unpaired) electrons. The Morgan fingerprint density at radius 2 is 1.88 bits per heavy atom. The Morgan fingerprint density at radius 3 is 2.55 bits per heavy atom. The maximum atomic E-state index is 13.1. The molecule has 2 aromatic carbocycles. The number of carbonyl (C=O) groups excluding carboxylic acids is 1. The van der Waals surface area contributed by atoms with Gasteiger partial charge < -0.3 is 10.1 Å². The summed E-state index contributed by atoms with van der Waals surface area (Å²) in [6.07, 6.45) is 1.43. The van der Waals surface area contributed by atoms with Crippen molar-refractivity contribution in [3.63, 3.8) is 0 Å². The third-order valence-corrected chi connectivity index (χ3v) is 7.11. The van der Waals surface area contributed by atoms with E-state index in [1.54, 1.807) is 32.0 Å². The van der Waals surface area contributed by atoms with Gasteiger partial charge in [0.25, 0.3) is 0 Å². The first-order chi connectivity index (χ1) is 15.7. The number of hydrogen-bond donors (Lipinski definition) is 1. The van der Waals surface area contributed by atoms with Gasteiger partial charge in [-0.3, -0.25) is 14.0 Å². The highest BCUT2D eigenvalue weighted by Crippen LogP contribution is 2.29. The lowest BCUT2D eigenvalue weighted by Crippen LogP contribution is -2.49. The Morgan fingerprint density at radius 1 is 1.18 bits per heavy atom. The summed E-state index contributed by atoms with van der Waals surface area (Å²) >= 11 is 6.13. The van der Waals surface area contributed by atoms with E-state index in [0.717, 1.165) is 50.2 Å². The number of benzene rings is 2. The van der Waals surface area contributed by atoms with Gasteiger partial charge in [0, 0.05) is 31.2 Å². The molecule has 1 aliphatic rings. The average Bonchev–Trinajstić information content (AvgIpc) is 2.78. The number of aryl methyl sites for hydroxylation is 1. The topological polar surface area (TPSA) is 79.0 Å². The lowest BCUT2D eigenvalue weighted by atomic mass is 10.1. The van der Waals surface area contributed by atoms with Crippen LogP contribution < -0.4 is 9.62 Å². The Labute approximate surface area is 201 Å². The van der Waals surface area contributed by atoms with E-state index in [-0.39, 0.29) is 5.91 Å². The molecule has 180 valence electrons. The molecule has 1 fully saturated rings. The lowest BCUT2D eigenvalue weighted by Gasteiger charge is -2.31. The van der Waals surface area contributed by atoms with E-state index in [1.807, 2.05) is 12.1 Å². The summed E-state index contributed by atoms with van der Waals surface area (Å²) in [5, 5.41) is 3.34. The van der Waals surface area contributed by atoms with Crippen molar-refractivity contribution >= 4 is 33.2 Å². The fourth-order valence-corrected chi connectivity index (χ4v) is 5.45. The zero-order chi connectivity index (χ0) is 24.0. The maximum Gasteiger partial charge on any atom is 0.244 e. The van der Waals surface area contributed by atoms with Gasteiger partial charge in [-0.2, -0.15) is 0 Å². The van der Waals surface area contributed by atoms with E-state index in [2.05, 4.69) is 22.3 Å². The molecule has 0 spiro atoms. The van der Waals surface area contributed by atoms with Crippen molar-refractivity contribution in [1.82, 2.24) is 10.2 Å². The van der Waals surface area contributed by atoms with Gasteiger partial charge in [-0.05, 0) is 42.2 Å². The second kappa shape index (κ2) is 11.3. The molecule has 2 aromatic rings. The Hall–Kier alpha value is -2.13. The van der Waals surface area contributed by atoms with Gasteiger partial charge in [-0.15, -0.1) is 0 Å². The molecule has 7 nitrogen and oxygen atoms in total. The van der Waals surface area contributed by atoms with Crippen LogP contribution in [0.15, 0.2) is 42.5 Å². The first-order valence-electron chi connectivity index (χ1n) is 11.1. The van der Waals surface area contributed by atoms with Gasteiger partial charge in [0.05, 0.1) is 25.2 Å². The van der Waals surface area contributed by atoms with Gasteiger partial charge >= 0.3 is 0 Å². The molecule has 1 amide bonds. The second-order valence-electron chi connectivity index (χ2n) is 8.34. The van der Waals surface area contributed by atoms with Crippen LogP contribution in [0.5, 0.6) is 0 Å². The van der Waals surface area contributed by atoms with E-state index in [0.29, 0.717) is 23.7 Å². The summed E-state index contributed by atoms with van der Waals surface area (Å²) in [5.74, 6) is -0.346. The molecule has 0 aliphatic carbocycles. The number of carbonyl (C=O) groups is 1. The number of anilines is 1. The maximum absolute atomic E-state index is 13.1. The minimum atomic E-state index is -3.72. The fraction of sp³-hybridized carbons (Fsp3) is 0.458. The van der Waals surface area contributed by atoms with Crippen molar-refractivity contribution in [3.8, 4) is 0 Å². The zero-order valence-corrected chi connectivity index (χ0v) is 21.0. The molecule has 0 aromatic heterocycles. The summed E-state index contributed by atoms with van der Waals surface area (Å²) in [7, 11) is -3.72. The first-order valence-corrected chi connectivity index (χ1v) is 13.3. The number of nitrogens with one attached hydrogen (secondary N) is 1. The standard InChI is InChI=1S/C24H32ClN3O4S/c1-4-22(28(33(3,30)31)23-15-21(25)9-8-18(23)2)24(29)26-16-19-6-5-7-20(14-19)17-27-10-12-32-13-11-27/h5-9,14-15,22H,4,10-13,16-17H2,1-3H3,(H,26,29)/t22-/m1/s1. The number of rotatable bonds is 9. The third kappa shape index (κ3) is 6.93. The van der Waals surface area contributed by atoms with Gasteiger partial charge in [-0.1, -0.05) is 48.9 Å². The Kier molecular flexibility index (Phi) is 8.75. The molecule has 1 heterocycles. The molecule has 1 aliphatic heterocycles. The van der Waals surface area contributed by atoms with Gasteiger partial charge in [0.2, 0.25) is 15.9 Å². The summed E-state index contributed by atoms with van der Waals surface area (Å²) in [5.41, 5.74) is 3.28. The normalized spacial score (nSPS) is 15.8. The quantitative estimate of drug-likeness (QED) is 0.579. The van der Waals surface area contributed by atoms with Crippen LogP contribution in [0.4, 0.5) is 5.69 Å². The van der Waals surface area contributed by atoms with E-state index in [9.17, 15) is 13.2 Å². The molecule has 0 unspecified atom stereocenters. The van der Waals surface area contributed by atoms with E-state index < -0.39 is 16.1 Å². The number of nitrogens with zero attached hydrogens (tertiary/aromatic N) is 2. The van der Waals surface area contributed by atoms with Crippen molar-refractivity contribution in [3.05, 3.63) is 64.2 Å². The van der Waals surface area contributed by atoms with Crippen LogP contribution >= 0.6 is 11.6 Å². The lowest BCUT2D eigenvalue weighted by molar-refractivity contribution is -0.122. The fourth-order valence-electron chi connectivity index (χ4n) is 4.02. The van der Waals surface area contributed by atoms with Crippen molar-refractivity contribution < 1.29 is 17.9 Å². The highest BCUT2D eigenvalue weighted by molar-refractivity contribution is 7.92. The minimum absolute atomic E-state index is 0.318. The van der Waals surface area contributed by atoms with E-state index >= 15 is 0 Å². The minimum Gasteiger partial charge on any atom is -0.379 e. The summed E-state index contributed by atoms with van der Waals surface area (Å²) in [6.45, 7) is 8.05.